The molecule has 2 amide bonds. The van der Waals surface area contributed by atoms with Crippen LogP contribution in [-0.2, 0) is 22.6 Å². The number of hydrogen-bond donors (Lipinski definition) is 0. The summed E-state index contributed by atoms with van der Waals surface area (Å²) in [7, 11) is 0. The lowest BCUT2D eigenvalue weighted by Gasteiger charge is -2.33. The number of fused-ring (bicyclic) bond motifs is 1. The predicted molar refractivity (Wildman–Crippen MR) is 106 cm³/mol. The fourth-order valence-corrected chi connectivity index (χ4v) is 4.13. The highest BCUT2D eigenvalue weighted by molar-refractivity contribution is 6.30. The minimum Gasteiger partial charge on any atom is -0.356 e. The maximum Gasteiger partial charge on any atom is 0.228 e. The van der Waals surface area contributed by atoms with E-state index < -0.39 is 0 Å². The molecule has 1 saturated heterocycles. The number of benzene rings is 1. The molecule has 0 bridgehead atoms. The zero-order valence-electron chi connectivity index (χ0n) is 16.4. The molecular formula is C21H24ClN3O3. The van der Waals surface area contributed by atoms with Crippen LogP contribution in [0.25, 0.3) is 11.3 Å². The molecule has 1 atom stereocenters. The summed E-state index contributed by atoms with van der Waals surface area (Å²) in [6.45, 7) is 7.54. The topological polar surface area (TPSA) is 66.7 Å². The Kier molecular flexibility index (Phi) is 4.70. The van der Waals surface area contributed by atoms with E-state index in [0.29, 0.717) is 36.8 Å². The summed E-state index contributed by atoms with van der Waals surface area (Å²) in [6.07, 6.45) is 0.939. The summed E-state index contributed by atoms with van der Waals surface area (Å²) < 4.78 is 5.58. The lowest BCUT2D eigenvalue weighted by Crippen LogP contribution is -2.44. The van der Waals surface area contributed by atoms with Crippen molar-refractivity contribution >= 4 is 23.4 Å². The molecule has 0 aliphatic carbocycles. The number of amides is 2. The van der Waals surface area contributed by atoms with Crippen molar-refractivity contribution in [2.45, 2.75) is 45.7 Å². The number of hydrogen-bond acceptors (Lipinski definition) is 4. The third kappa shape index (κ3) is 3.41. The summed E-state index contributed by atoms with van der Waals surface area (Å²) in [5, 5.41) is 4.85. The van der Waals surface area contributed by atoms with Gasteiger partial charge in [0.1, 0.15) is 0 Å². The van der Waals surface area contributed by atoms with Crippen LogP contribution in [0.15, 0.2) is 28.8 Å². The molecule has 28 heavy (non-hydrogen) atoms. The molecule has 1 aromatic carbocycles. The van der Waals surface area contributed by atoms with Crippen LogP contribution in [0.5, 0.6) is 0 Å². The zero-order valence-corrected chi connectivity index (χ0v) is 17.1. The Morgan fingerprint density at radius 1 is 1.25 bits per heavy atom. The molecule has 2 aromatic rings. The van der Waals surface area contributed by atoms with Crippen molar-refractivity contribution in [2.75, 3.05) is 13.1 Å². The highest BCUT2D eigenvalue weighted by atomic mass is 35.5. The number of halogens is 1. The Labute approximate surface area is 169 Å². The van der Waals surface area contributed by atoms with Crippen molar-refractivity contribution in [2.24, 2.45) is 5.92 Å². The van der Waals surface area contributed by atoms with Crippen LogP contribution in [0, 0.1) is 5.92 Å². The van der Waals surface area contributed by atoms with Gasteiger partial charge < -0.3 is 14.3 Å². The largest absolute Gasteiger partial charge is 0.356 e. The number of carbonyl (C=O) groups excluding carboxylic acids is 2. The van der Waals surface area contributed by atoms with Gasteiger partial charge in [-0.15, -0.1) is 0 Å². The summed E-state index contributed by atoms with van der Waals surface area (Å²) in [4.78, 5) is 29.1. The molecule has 2 aliphatic heterocycles. The summed E-state index contributed by atoms with van der Waals surface area (Å²) in [5.74, 6) is 0.486. The van der Waals surface area contributed by atoms with Crippen molar-refractivity contribution in [3.05, 3.63) is 40.5 Å². The van der Waals surface area contributed by atoms with Gasteiger partial charge in [-0.1, -0.05) is 16.8 Å². The molecule has 0 spiro atoms. The first-order valence-electron chi connectivity index (χ1n) is 9.56. The van der Waals surface area contributed by atoms with Gasteiger partial charge in [-0.25, -0.2) is 0 Å². The smallest absolute Gasteiger partial charge is 0.228 e. The van der Waals surface area contributed by atoms with Crippen LogP contribution in [0.2, 0.25) is 5.02 Å². The SMILES string of the molecule is CC(C)(C)N1CC(C(=O)N2CCc3noc(-c4ccc(Cl)cc4)c3C2)CC1=O. The van der Waals surface area contributed by atoms with Crippen molar-refractivity contribution in [1.29, 1.82) is 0 Å². The van der Waals surface area contributed by atoms with Gasteiger partial charge in [0.2, 0.25) is 11.8 Å². The van der Waals surface area contributed by atoms with Gasteiger partial charge >= 0.3 is 0 Å². The van der Waals surface area contributed by atoms with Gasteiger partial charge in [-0.05, 0) is 45.0 Å². The molecule has 0 N–H and O–H groups in total. The number of likely N-dealkylation sites (tertiary alicyclic amines) is 1. The Hall–Kier alpha value is -2.34. The monoisotopic (exact) mass is 401 g/mol. The molecular weight excluding hydrogens is 378 g/mol. The Morgan fingerprint density at radius 2 is 1.96 bits per heavy atom. The van der Waals surface area contributed by atoms with Crippen molar-refractivity contribution < 1.29 is 14.1 Å². The molecule has 1 aromatic heterocycles. The second-order valence-corrected chi connectivity index (χ2v) is 8.97. The van der Waals surface area contributed by atoms with Crippen molar-refractivity contribution in [3.8, 4) is 11.3 Å². The number of carbonyl (C=O) groups is 2. The van der Waals surface area contributed by atoms with Gasteiger partial charge in [0, 0.05) is 47.6 Å². The molecule has 4 rings (SSSR count). The molecule has 7 heteroatoms. The second kappa shape index (κ2) is 6.92. The predicted octanol–water partition coefficient (Wildman–Crippen LogP) is 3.53. The molecule has 3 heterocycles. The lowest BCUT2D eigenvalue weighted by molar-refractivity contribution is -0.136. The van der Waals surface area contributed by atoms with E-state index in [2.05, 4.69) is 5.16 Å². The third-order valence-electron chi connectivity index (χ3n) is 5.54. The maximum atomic E-state index is 13.1. The van der Waals surface area contributed by atoms with Gasteiger partial charge in [0.25, 0.3) is 0 Å². The van der Waals surface area contributed by atoms with Gasteiger partial charge in [-0.3, -0.25) is 9.59 Å². The Morgan fingerprint density at radius 3 is 2.61 bits per heavy atom. The van der Waals surface area contributed by atoms with E-state index in [1.165, 1.54) is 0 Å². The normalized spacial score (nSPS) is 19.9. The molecule has 0 radical (unpaired) electrons. The van der Waals surface area contributed by atoms with Gasteiger partial charge in [-0.2, -0.15) is 0 Å². The molecule has 6 nitrogen and oxygen atoms in total. The number of aromatic nitrogens is 1. The zero-order chi connectivity index (χ0) is 20.1. The van der Waals surface area contributed by atoms with Gasteiger partial charge in [0.15, 0.2) is 5.76 Å². The van der Waals surface area contributed by atoms with E-state index in [9.17, 15) is 9.59 Å². The van der Waals surface area contributed by atoms with E-state index in [4.69, 9.17) is 16.1 Å². The molecule has 2 aliphatic rings. The van der Waals surface area contributed by atoms with E-state index in [-0.39, 0.29) is 29.7 Å². The Bertz CT molecular complexity index is 914. The first kappa shape index (κ1) is 19.0. The van der Waals surface area contributed by atoms with E-state index >= 15 is 0 Å². The van der Waals surface area contributed by atoms with Crippen LogP contribution < -0.4 is 0 Å². The van der Waals surface area contributed by atoms with E-state index in [0.717, 1.165) is 16.8 Å². The average molecular weight is 402 g/mol. The second-order valence-electron chi connectivity index (χ2n) is 8.53. The summed E-state index contributed by atoms with van der Waals surface area (Å²) >= 11 is 5.98. The average Bonchev–Trinajstić information content (AvgIpc) is 3.24. The quantitative estimate of drug-likeness (QED) is 0.772. The maximum absolute atomic E-state index is 13.1. The number of rotatable bonds is 2. The standard InChI is InChI=1S/C21H24ClN3O3/c1-21(2,3)25-11-14(10-18(25)26)20(27)24-9-8-17-16(12-24)19(28-23-17)13-4-6-15(22)7-5-13/h4-7,14H,8-12H2,1-3H3. The minimum atomic E-state index is -0.285. The lowest BCUT2D eigenvalue weighted by atomic mass is 9.99. The van der Waals surface area contributed by atoms with E-state index in [1.807, 2.05) is 54.8 Å². The fourth-order valence-electron chi connectivity index (χ4n) is 4.01. The van der Waals surface area contributed by atoms with Crippen LogP contribution in [0.4, 0.5) is 0 Å². The third-order valence-corrected chi connectivity index (χ3v) is 5.79. The molecule has 1 unspecified atom stereocenters. The number of nitrogens with zero attached hydrogens (tertiary/aromatic N) is 3. The molecule has 1 fully saturated rings. The van der Waals surface area contributed by atoms with Crippen LogP contribution >= 0.6 is 11.6 Å². The minimum absolute atomic E-state index is 0.0361. The first-order valence-corrected chi connectivity index (χ1v) is 9.94. The van der Waals surface area contributed by atoms with Crippen LogP contribution in [0.3, 0.4) is 0 Å². The molecule has 0 saturated carbocycles. The first-order chi connectivity index (χ1) is 13.2. The van der Waals surface area contributed by atoms with Crippen LogP contribution in [0.1, 0.15) is 38.4 Å². The molecule has 148 valence electrons. The Balaban J connectivity index is 1.53. The summed E-state index contributed by atoms with van der Waals surface area (Å²) in [6, 6.07) is 7.40. The summed E-state index contributed by atoms with van der Waals surface area (Å²) in [5.41, 5.74) is 2.46. The van der Waals surface area contributed by atoms with E-state index in [1.54, 1.807) is 0 Å². The highest BCUT2D eigenvalue weighted by Gasteiger charge is 2.41. The van der Waals surface area contributed by atoms with Crippen molar-refractivity contribution in [3.63, 3.8) is 0 Å². The highest BCUT2D eigenvalue weighted by Crippen LogP contribution is 2.33. The van der Waals surface area contributed by atoms with Crippen molar-refractivity contribution in [1.82, 2.24) is 15.0 Å². The van der Waals surface area contributed by atoms with Gasteiger partial charge in [0.05, 0.1) is 18.2 Å². The van der Waals surface area contributed by atoms with Crippen LogP contribution in [-0.4, -0.2) is 45.4 Å². The fraction of sp³-hybridized carbons (Fsp3) is 0.476.